The highest BCUT2D eigenvalue weighted by Gasteiger charge is 2.16. The molecule has 0 saturated carbocycles. The number of amides is 1. The van der Waals surface area contributed by atoms with Crippen LogP contribution in [0.25, 0.3) is 0 Å². The summed E-state index contributed by atoms with van der Waals surface area (Å²) in [6.07, 6.45) is 2.72. The van der Waals surface area contributed by atoms with E-state index in [-0.39, 0.29) is 17.8 Å². The molecule has 0 aromatic carbocycles. The van der Waals surface area contributed by atoms with Crippen molar-refractivity contribution in [2.24, 2.45) is 0 Å². The number of hydrogen-bond donors (Lipinski definition) is 1. The first-order chi connectivity index (χ1) is 8.31. The van der Waals surface area contributed by atoms with Crippen molar-refractivity contribution in [1.82, 2.24) is 5.32 Å². The van der Waals surface area contributed by atoms with Gasteiger partial charge in [-0.3, -0.25) is 4.79 Å². The van der Waals surface area contributed by atoms with E-state index in [0.717, 1.165) is 0 Å². The van der Waals surface area contributed by atoms with Crippen LogP contribution in [-0.2, 0) is 4.74 Å². The molecular formula is C12H13NO4. The van der Waals surface area contributed by atoms with Gasteiger partial charge in [0.2, 0.25) is 0 Å². The number of methoxy groups -OCH3 is 1. The molecule has 0 fully saturated rings. The zero-order valence-corrected chi connectivity index (χ0v) is 9.38. The van der Waals surface area contributed by atoms with Crippen LogP contribution in [0.4, 0.5) is 0 Å². The SMILES string of the molecule is CO[C@@H](CNC(=O)c1ccco1)c1ccco1. The van der Waals surface area contributed by atoms with E-state index in [1.54, 1.807) is 37.6 Å². The van der Waals surface area contributed by atoms with Crippen molar-refractivity contribution in [3.05, 3.63) is 48.3 Å². The lowest BCUT2D eigenvalue weighted by Gasteiger charge is -2.12. The molecule has 2 aromatic rings. The molecule has 0 aliphatic rings. The van der Waals surface area contributed by atoms with Gasteiger partial charge in [-0.05, 0) is 24.3 Å². The largest absolute Gasteiger partial charge is 0.467 e. The van der Waals surface area contributed by atoms with E-state index in [0.29, 0.717) is 12.3 Å². The molecule has 0 radical (unpaired) electrons. The Balaban J connectivity index is 1.91. The lowest BCUT2D eigenvalue weighted by molar-refractivity contribution is 0.0724. The highest BCUT2D eigenvalue weighted by Crippen LogP contribution is 2.15. The first kappa shape index (κ1) is 11.5. The second-order valence-electron chi connectivity index (χ2n) is 3.43. The standard InChI is InChI=1S/C12H13NO4/c1-15-11(9-4-2-6-16-9)8-13-12(14)10-5-3-7-17-10/h2-7,11H,8H2,1H3,(H,13,14)/t11-/m0/s1. The van der Waals surface area contributed by atoms with Crippen LogP contribution in [0.15, 0.2) is 45.6 Å². The molecule has 5 nitrogen and oxygen atoms in total. The molecule has 2 rings (SSSR count). The third-order valence-corrected chi connectivity index (χ3v) is 2.34. The van der Waals surface area contributed by atoms with Crippen LogP contribution in [0.3, 0.4) is 0 Å². The summed E-state index contributed by atoms with van der Waals surface area (Å²) in [4.78, 5) is 11.6. The number of furan rings is 2. The van der Waals surface area contributed by atoms with Crippen LogP contribution in [-0.4, -0.2) is 19.6 Å². The topological polar surface area (TPSA) is 64.6 Å². The zero-order valence-electron chi connectivity index (χ0n) is 9.38. The number of nitrogens with one attached hydrogen (secondary N) is 1. The maximum absolute atomic E-state index is 11.6. The average Bonchev–Trinajstić information content (AvgIpc) is 3.02. The number of rotatable bonds is 5. The Morgan fingerprint density at radius 1 is 1.35 bits per heavy atom. The van der Waals surface area contributed by atoms with Gasteiger partial charge in [0.25, 0.3) is 5.91 Å². The summed E-state index contributed by atoms with van der Waals surface area (Å²) in [5.74, 6) is 0.676. The van der Waals surface area contributed by atoms with Crippen molar-refractivity contribution in [3.63, 3.8) is 0 Å². The third kappa shape index (κ3) is 2.76. The lowest BCUT2D eigenvalue weighted by Crippen LogP contribution is -2.28. The third-order valence-electron chi connectivity index (χ3n) is 2.34. The molecular weight excluding hydrogens is 222 g/mol. The van der Waals surface area contributed by atoms with Gasteiger partial charge in [0, 0.05) is 7.11 Å². The van der Waals surface area contributed by atoms with Crippen LogP contribution in [0.5, 0.6) is 0 Å². The number of carbonyl (C=O) groups excluding carboxylic acids is 1. The molecule has 0 unspecified atom stereocenters. The smallest absolute Gasteiger partial charge is 0.287 e. The van der Waals surface area contributed by atoms with Gasteiger partial charge in [0.05, 0.1) is 19.1 Å². The number of ether oxygens (including phenoxy) is 1. The Hall–Kier alpha value is -2.01. The Kier molecular flexibility index (Phi) is 3.62. The van der Waals surface area contributed by atoms with Crippen molar-refractivity contribution >= 4 is 5.91 Å². The van der Waals surface area contributed by atoms with Crippen molar-refractivity contribution in [1.29, 1.82) is 0 Å². The van der Waals surface area contributed by atoms with Gasteiger partial charge in [-0.15, -0.1) is 0 Å². The van der Waals surface area contributed by atoms with E-state index < -0.39 is 0 Å². The minimum Gasteiger partial charge on any atom is -0.467 e. The molecule has 2 heterocycles. The van der Waals surface area contributed by atoms with Crippen molar-refractivity contribution in [3.8, 4) is 0 Å². The Morgan fingerprint density at radius 3 is 2.71 bits per heavy atom. The summed E-state index contributed by atoms with van der Waals surface area (Å²) in [5.41, 5.74) is 0. The molecule has 90 valence electrons. The quantitative estimate of drug-likeness (QED) is 0.860. The molecule has 0 saturated heterocycles. The minimum atomic E-state index is -0.302. The summed E-state index contributed by atoms with van der Waals surface area (Å²) in [7, 11) is 1.56. The Morgan fingerprint density at radius 2 is 2.12 bits per heavy atom. The second-order valence-corrected chi connectivity index (χ2v) is 3.43. The summed E-state index contributed by atoms with van der Waals surface area (Å²) >= 11 is 0. The maximum Gasteiger partial charge on any atom is 0.287 e. The fraction of sp³-hybridized carbons (Fsp3) is 0.250. The number of hydrogen-bond acceptors (Lipinski definition) is 4. The van der Waals surface area contributed by atoms with Crippen LogP contribution in [0, 0.1) is 0 Å². The maximum atomic E-state index is 11.6. The van der Waals surface area contributed by atoms with Gasteiger partial charge >= 0.3 is 0 Å². The predicted octanol–water partition coefficient (Wildman–Crippen LogP) is 1.99. The Bertz CT molecular complexity index is 447. The molecule has 5 heteroatoms. The highest BCUT2D eigenvalue weighted by molar-refractivity contribution is 5.91. The van der Waals surface area contributed by atoms with E-state index in [2.05, 4.69) is 5.32 Å². The molecule has 1 N–H and O–H groups in total. The lowest BCUT2D eigenvalue weighted by atomic mass is 10.2. The van der Waals surface area contributed by atoms with E-state index in [9.17, 15) is 4.79 Å². The van der Waals surface area contributed by atoms with E-state index in [1.165, 1.54) is 6.26 Å². The van der Waals surface area contributed by atoms with Gasteiger partial charge in [-0.25, -0.2) is 0 Å². The zero-order chi connectivity index (χ0) is 12.1. The fourth-order valence-electron chi connectivity index (χ4n) is 1.45. The second kappa shape index (κ2) is 5.36. The molecule has 0 bridgehead atoms. The highest BCUT2D eigenvalue weighted by atomic mass is 16.5. The first-order valence-corrected chi connectivity index (χ1v) is 5.19. The molecule has 1 atom stereocenters. The van der Waals surface area contributed by atoms with E-state index in [4.69, 9.17) is 13.6 Å². The van der Waals surface area contributed by atoms with Crippen LogP contribution < -0.4 is 5.32 Å². The molecule has 0 spiro atoms. The minimum absolute atomic E-state index is 0.274. The molecule has 17 heavy (non-hydrogen) atoms. The fourth-order valence-corrected chi connectivity index (χ4v) is 1.45. The van der Waals surface area contributed by atoms with Crippen molar-refractivity contribution in [2.75, 3.05) is 13.7 Å². The van der Waals surface area contributed by atoms with Crippen LogP contribution >= 0.6 is 0 Å². The van der Waals surface area contributed by atoms with Crippen molar-refractivity contribution < 1.29 is 18.4 Å². The summed E-state index contributed by atoms with van der Waals surface area (Å²) in [5, 5.41) is 2.71. The van der Waals surface area contributed by atoms with Gasteiger partial charge in [-0.1, -0.05) is 0 Å². The van der Waals surface area contributed by atoms with E-state index in [1.807, 2.05) is 0 Å². The normalized spacial score (nSPS) is 12.3. The molecule has 1 amide bonds. The molecule has 0 aliphatic carbocycles. The first-order valence-electron chi connectivity index (χ1n) is 5.19. The molecule has 0 aliphatic heterocycles. The predicted molar refractivity (Wildman–Crippen MR) is 59.5 cm³/mol. The van der Waals surface area contributed by atoms with Crippen molar-refractivity contribution in [2.45, 2.75) is 6.10 Å². The summed E-state index contributed by atoms with van der Waals surface area (Å²) in [6.45, 7) is 0.323. The Labute approximate surface area is 98.4 Å². The van der Waals surface area contributed by atoms with Gasteiger partial charge < -0.3 is 18.9 Å². The average molecular weight is 235 g/mol. The monoisotopic (exact) mass is 235 g/mol. The van der Waals surface area contributed by atoms with Crippen LogP contribution in [0.2, 0.25) is 0 Å². The van der Waals surface area contributed by atoms with Gasteiger partial charge in [-0.2, -0.15) is 0 Å². The summed E-state index contributed by atoms with van der Waals surface area (Å²) in [6, 6.07) is 6.84. The summed E-state index contributed by atoms with van der Waals surface area (Å²) < 4.78 is 15.4. The van der Waals surface area contributed by atoms with Crippen LogP contribution in [0.1, 0.15) is 22.4 Å². The number of carbonyl (C=O) groups is 1. The van der Waals surface area contributed by atoms with E-state index >= 15 is 0 Å². The molecule has 2 aromatic heterocycles. The van der Waals surface area contributed by atoms with Gasteiger partial charge in [0.15, 0.2) is 5.76 Å². The van der Waals surface area contributed by atoms with Gasteiger partial charge in [0.1, 0.15) is 11.9 Å².